The second-order valence-corrected chi connectivity index (χ2v) is 3.90. The van der Waals surface area contributed by atoms with Gasteiger partial charge in [0, 0.05) is 0 Å². The third-order valence-corrected chi connectivity index (χ3v) is 2.45. The third kappa shape index (κ3) is 4.03. The minimum Gasteiger partial charge on any atom is -0.493 e. The first-order valence-corrected chi connectivity index (χ1v) is 6.25. The molecule has 0 aliphatic carbocycles. The van der Waals surface area contributed by atoms with E-state index in [4.69, 9.17) is 9.47 Å². The number of hydrogen-bond donors (Lipinski definition) is 2. The molecule has 0 radical (unpaired) electrons. The molecule has 0 fully saturated rings. The molecular formula is C13H15N5O3. The van der Waals surface area contributed by atoms with E-state index in [2.05, 4.69) is 25.7 Å². The van der Waals surface area contributed by atoms with Gasteiger partial charge in [-0.2, -0.15) is 5.10 Å². The summed E-state index contributed by atoms with van der Waals surface area (Å²) >= 11 is 0. The van der Waals surface area contributed by atoms with Gasteiger partial charge in [-0.1, -0.05) is 0 Å². The van der Waals surface area contributed by atoms with Crippen LogP contribution in [0.15, 0.2) is 34.3 Å². The molecule has 0 bridgehead atoms. The topological polar surface area (TPSA) is 101 Å². The monoisotopic (exact) mass is 289 g/mol. The van der Waals surface area contributed by atoms with Gasteiger partial charge in [0.15, 0.2) is 11.5 Å². The van der Waals surface area contributed by atoms with E-state index in [1.807, 2.05) is 13.0 Å². The van der Waals surface area contributed by atoms with E-state index in [1.54, 1.807) is 25.5 Å². The molecule has 21 heavy (non-hydrogen) atoms. The molecule has 0 spiro atoms. The number of hydrogen-bond acceptors (Lipinski definition) is 7. The summed E-state index contributed by atoms with van der Waals surface area (Å²) in [4.78, 5) is 13.5. The fourth-order valence-corrected chi connectivity index (χ4v) is 1.57. The highest BCUT2D eigenvalue weighted by Gasteiger charge is 2.04. The summed E-state index contributed by atoms with van der Waals surface area (Å²) in [5.41, 5.74) is 3.03. The Balaban J connectivity index is 2.10. The second-order valence-electron chi connectivity index (χ2n) is 3.90. The lowest BCUT2D eigenvalue weighted by atomic mass is 10.2. The van der Waals surface area contributed by atoms with Gasteiger partial charge in [0.25, 0.3) is 5.56 Å². The molecule has 0 amide bonds. The predicted molar refractivity (Wildman–Crippen MR) is 78.0 cm³/mol. The molecule has 0 saturated carbocycles. The first kappa shape index (κ1) is 14.5. The van der Waals surface area contributed by atoms with Crippen LogP contribution in [0.3, 0.4) is 0 Å². The molecular weight excluding hydrogens is 274 g/mol. The number of aromatic nitrogens is 3. The Morgan fingerprint density at radius 2 is 2.29 bits per heavy atom. The van der Waals surface area contributed by atoms with Gasteiger partial charge in [-0.05, 0) is 30.7 Å². The Morgan fingerprint density at radius 1 is 1.43 bits per heavy atom. The van der Waals surface area contributed by atoms with Gasteiger partial charge in [0.05, 0.1) is 19.9 Å². The first-order valence-electron chi connectivity index (χ1n) is 6.25. The van der Waals surface area contributed by atoms with Crippen LogP contribution in [-0.2, 0) is 0 Å². The lowest BCUT2D eigenvalue weighted by molar-refractivity contribution is 0.311. The molecule has 8 nitrogen and oxygen atoms in total. The molecule has 0 aliphatic heterocycles. The maximum atomic E-state index is 11.0. The van der Waals surface area contributed by atoms with Crippen LogP contribution in [0.25, 0.3) is 0 Å². The van der Waals surface area contributed by atoms with Crippen molar-refractivity contribution in [1.29, 1.82) is 0 Å². The quantitative estimate of drug-likeness (QED) is 0.608. The molecule has 1 aromatic heterocycles. The van der Waals surface area contributed by atoms with Crippen molar-refractivity contribution in [3.05, 3.63) is 40.3 Å². The number of anilines is 1. The van der Waals surface area contributed by atoms with Gasteiger partial charge < -0.3 is 9.47 Å². The van der Waals surface area contributed by atoms with Crippen LogP contribution in [-0.4, -0.2) is 35.1 Å². The Hall–Kier alpha value is -2.90. The zero-order valence-electron chi connectivity index (χ0n) is 11.7. The van der Waals surface area contributed by atoms with Crippen LogP contribution in [0.2, 0.25) is 0 Å². The van der Waals surface area contributed by atoms with E-state index in [1.165, 1.54) is 0 Å². The highest BCUT2D eigenvalue weighted by molar-refractivity contribution is 5.81. The summed E-state index contributed by atoms with van der Waals surface area (Å²) in [5, 5.41) is 11.1. The molecule has 110 valence electrons. The van der Waals surface area contributed by atoms with Crippen LogP contribution >= 0.6 is 0 Å². The fourth-order valence-electron chi connectivity index (χ4n) is 1.57. The molecule has 2 N–H and O–H groups in total. The van der Waals surface area contributed by atoms with E-state index in [9.17, 15) is 4.79 Å². The van der Waals surface area contributed by atoms with Gasteiger partial charge in [0.2, 0.25) is 5.95 Å². The number of H-pyrrole nitrogens is 1. The molecule has 1 heterocycles. The first-order chi connectivity index (χ1) is 10.2. The second kappa shape index (κ2) is 7.04. The Bertz CT molecular complexity index is 684. The van der Waals surface area contributed by atoms with Gasteiger partial charge in [-0.25, -0.2) is 5.43 Å². The van der Waals surface area contributed by atoms with Gasteiger partial charge in [0.1, 0.15) is 6.20 Å². The van der Waals surface area contributed by atoms with Crippen molar-refractivity contribution in [3.63, 3.8) is 0 Å². The molecule has 2 rings (SSSR count). The number of ether oxygens (including phenoxy) is 2. The number of aromatic amines is 1. The van der Waals surface area contributed by atoms with Crippen LogP contribution in [0, 0.1) is 0 Å². The van der Waals surface area contributed by atoms with Crippen molar-refractivity contribution in [3.8, 4) is 11.5 Å². The van der Waals surface area contributed by atoms with Crippen molar-refractivity contribution >= 4 is 12.2 Å². The smallest absolute Gasteiger partial charge is 0.271 e. The highest BCUT2D eigenvalue weighted by atomic mass is 16.5. The van der Waals surface area contributed by atoms with Crippen molar-refractivity contribution in [2.75, 3.05) is 19.1 Å². The number of nitrogens with one attached hydrogen (secondary N) is 2. The minimum atomic E-state index is -0.356. The summed E-state index contributed by atoms with van der Waals surface area (Å²) < 4.78 is 10.7. The average molecular weight is 289 g/mol. The molecule has 0 saturated heterocycles. The van der Waals surface area contributed by atoms with Crippen LogP contribution < -0.4 is 20.5 Å². The summed E-state index contributed by atoms with van der Waals surface area (Å²) in [5.74, 6) is 1.45. The van der Waals surface area contributed by atoms with E-state index in [0.717, 1.165) is 11.8 Å². The highest BCUT2D eigenvalue weighted by Crippen LogP contribution is 2.27. The van der Waals surface area contributed by atoms with Crippen LogP contribution in [0.5, 0.6) is 11.5 Å². The molecule has 0 atom stereocenters. The van der Waals surface area contributed by atoms with Gasteiger partial charge in [-0.15, -0.1) is 10.2 Å². The number of methoxy groups -OCH3 is 1. The summed E-state index contributed by atoms with van der Waals surface area (Å²) in [6.45, 7) is 2.43. The Kier molecular flexibility index (Phi) is 4.86. The largest absolute Gasteiger partial charge is 0.493 e. The summed E-state index contributed by atoms with van der Waals surface area (Å²) in [6, 6.07) is 5.41. The fraction of sp³-hybridized carbons (Fsp3) is 0.231. The zero-order chi connectivity index (χ0) is 15.1. The molecule has 0 unspecified atom stereocenters. The predicted octanol–water partition coefficient (Wildman–Crippen LogP) is 1.02. The van der Waals surface area contributed by atoms with Gasteiger partial charge in [-0.3, -0.25) is 9.78 Å². The SMILES string of the molecule is CCOc1cc(/C=N/Nc2nncc(=O)[nH]2)ccc1OC. The number of hydrazone groups is 1. The van der Waals surface area contributed by atoms with Crippen molar-refractivity contribution in [2.24, 2.45) is 5.10 Å². The average Bonchev–Trinajstić information content (AvgIpc) is 2.48. The van der Waals surface area contributed by atoms with E-state index < -0.39 is 0 Å². The van der Waals surface area contributed by atoms with Crippen molar-refractivity contribution in [1.82, 2.24) is 15.2 Å². The van der Waals surface area contributed by atoms with Crippen molar-refractivity contribution in [2.45, 2.75) is 6.92 Å². The zero-order valence-corrected chi connectivity index (χ0v) is 11.7. The summed E-state index contributed by atoms with van der Waals surface area (Å²) in [6.07, 6.45) is 2.64. The van der Waals surface area contributed by atoms with Crippen LogP contribution in [0.4, 0.5) is 5.95 Å². The van der Waals surface area contributed by atoms with Crippen molar-refractivity contribution < 1.29 is 9.47 Å². The molecule has 8 heteroatoms. The number of benzene rings is 1. The van der Waals surface area contributed by atoms with Crippen LogP contribution in [0.1, 0.15) is 12.5 Å². The lowest BCUT2D eigenvalue weighted by Gasteiger charge is -2.09. The Labute approximate surface area is 120 Å². The normalized spacial score (nSPS) is 10.6. The van der Waals surface area contributed by atoms with Gasteiger partial charge >= 0.3 is 0 Å². The minimum absolute atomic E-state index is 0.164. The maximum Gasteiger partial charge on any atom is 0.271 e. The molecule has 1 aromatic carbocycles. The standard InChI is InChI=1S/C13H15N5O3/c1-3-21-11-6-9(4-5-10(11)20-2)7-14-17-13-16-12(19)8-15-18-13/h4-8H,3H2,1-2H3,(H2,16,17,18,19)/b14-7+. The van der Waals surface area contributed by atoms with E-state index >= 15 is 0 Å². The summed E-state index contributed by atoms with van der Waals surface area (Å²) in [7, 11) is 1.58. The number of rotatable bonds is 6. The number of nitrogens with zero attached hydrogens (tertiary/aromatic N) is 3. The molecule has 0 aliphatic rings. The molecule has 2 aromatic rings. The Morgan fingerprint density at radius 3 is 3.00 bits per heavy atom. The third-order valence-electron chi connectivity index (χ3n) is 2.45. The lowest BCUT2D eigenvalue weighted by Crippen LogP contribution is -2.10. The maximum absolute atomic E-state index is 11.0. The van der Waals surface area contributed by atoms with E-state index in [-0.39, 0.29) is 11.5 Å². The van der Waals surface area contributed by atoms with E-state index in [0.29, 0.717) is 18.1 Å².